The summed E-state index contributed by atoms with van der Waals surface area (Å²) in [6.45, 7) is 6.71. The van der Waals surface area contributed by atoms with Crippen molar-refractivity contribution in [1.82, 2.24) is 14.7 Å². The van der Waals surface area contributed by atoms with Gasteiger partial charge in [0.1, 0.15) is 6.04 Å². The van der Waals surface area contributed by atoms with E-state index < -0.39 is 6.10 Å². The van der Waals surface area contributed by atoms with E-state index in [4.69, 9.17) is 4.74 Å². The van der Waals surface area contributed by atoms with Crippen molar-refractivity contribution in [3.8, 4) is 0 Å². The van der Waals surface area contributed by atoms with Crippen LogP contribution >= 0.6 is 0 Å². The van der Waals surface area contributed by atoms with Crippen molar-refractivity contribution in [2.75, 3.05) is 60.0 Å². The van der Waals surface area contributed by atoms with Gasteiger partial charge in [-0.15, -0.1) is 0 Å². The van der Waals surface area contributed by atoms with Gasteiger partial charge in [-0.1, -0.05) is 0 Å². The fraction of sp³-hybridized carbons (Fsp3) is 0.923. The molecular formula is C13H25N3O3. The molecule has 0 aliphatic carbocycles. The van der Waals surface area contributed by atoms with Crippen LogP contribution in [0.1, 0.15) is 6.42 Å². The Bertz CT molecular complexity index is 306. The number of aliphatic hydroxyl groups is 1. The molecule has 2 saturated heterocycles. The minimum Gasteiger partial charge on any atom is -0.468 e. The lowest BCUT2D eigenvalue weighted by Gasteiger charge is -2.34. The number of rotatable bonds is 4. The lowest BCUT2D eigenvalue weighted by atomic mass is 10.2. The normalized spacial score (nSPS) is 30.7. The fourth-order valence-corrected chi connectivity index (χ4v) is 2.85. The molecule has 2 unspecified atom stereocenters. The standard InChI is InChI=1S/C13H25N3O3/c1-14-3-5-15(6-4-14)7-8-16-10-11(17)9-12(16)13(18)19-2/h11-12,17H,3-10H2,1-2H3. The molecule has 2 rings (SSSR count). The topological polar surface area (TPSA) is 56.3 Å². The lowest BCUT2D eigenvalue weighted by Crippen LogP contribution is -2.48. The van der Waals surface area contributed by atoms with Gasteiger partial charge in [-0.3, -0.25) is 14.6 Å². The zero-order valence-corrected chi connectivity index (χ0v) is 11.9. The van der Waals surface area contributed by atoms with Gasteiger partial charge in [-0.05, 0) is 7.05 Å². The Morgan fingerprint density at radius 3 is 2.58 bits per heavy atom. The van der Waals surface area contributed by atoms with Crippen molar-refractivity contribution in [3.05, 3.63) is 0 Å². The van der Waals surface area contributed by atoms with E-state index in [-0.39, 0.29) is 12.0 Å². The number of piperazine rings is 1. The van der Waals surface area contributed by atoms with Crippen molar-refractivity contribution in [2.45, 2.75) is 18.6 Å². The van der Waals surface area contributed by atoms with Crippen LogP contribution in [0, 0.1) is 0 Å². The largest absolute Gasteiger partial charge is 0.468 e. The number of hydrogen-bond donors (Lipinski definition) is 1. The molecule has 6 nitrogen and oxygen atoms in total. The number of nitrogens with zero attached hydrogens (tertiary/aromatic N) is 3. The molecule has 0 amide bonds. The van der Waals surface area contributed by atoms with Gasteiger partial charge in [0.25, 0.3) is 0 Å². The number of ether oxygens (including phenoxy) is 1. The number of likely N-dealkylation sites (tertiary alicyclic amines) is 1. The van der Waals surface area contributed by atoms with Crippen LogP contribution in [0.4, 0.5) is 0 Å². The van der Waals surface area contributed by atoms with Gasteiger partial charge >= 0.3 is 5.97 Å². The van der Waals surface area contributed by atoms with Crippen LogP contribution in [0.25, 0.3) is 0 Å². The molecule has 2 aliphatic rings. The van der Waals surface area contributed by atoms with Gasteiger partial charge in [0.2, 0.25) is 0 Å². The number of aliphatic hydroxyl groups excluding tert-OH is 1. The maximum Gasteiger partial charge on any atom is 0.323 e. The molecule has 0 radical (unpaired) electrons. The van der Waals surface area contributed by atoms with Gasteiger partial charge in [-0.2, -0.15) is 0 Å². The molecule has 0 aromatic heterocycles. The summed E-state index contributed by atoms with van der Waals surface area (Å²) >= 11 is 0. The Hall–Kier alpha value is -0.690. The molecule has 19 heavy (non-hydrogen) atoms. The summed E-state index contributed by atoms with van der Waals surface area (Å²) in [6.07, 6.45) is 0.0895. The minimum absolute atomic E-state index is 0.227. The summed E-state index contributed by atoms with van der Waals surface area (Å²) in [5.41, 5.74) is 0. The highest BCUT2D eigenvalue weighted by atomic mass is 16.5. The highest BCUT2D eigenvalue weighted by Gasteiger charge is 2.36. The number of methoxy groups -OCH3 is 1. The summed E-state index contributed by atoms with van der Waals surface area (Å²) in [7, 11) is 3.55. The monoisotopic (exact) mass is 271 g/mol. The minimum atomic E-state index is -0.406. The third kappa shape index (κ3) is 3.89. The molecular weight excluding hydrogens is 246 g/mol. The molecule has 2 atom stereocenters. The third-order valence-electron chi connectivity index (χ3n) is 4.15. The number of carbonyl (C=O) groups excluding carboxylic acids is 1. The Labute approximate surface area is 114 Å². The molecule has 0 spiro atoms. The van der Waals surface area contributed by atoms with E-state index in [0.29, 0.717) is 13.0 Å². The van der Waals surface area contributed by atoms with Crippen molar-refractivity contribution in [3.63, 3.8) is 0 Å². The molecule has 1 N–H and O–H groups in total. The first-order valence-electron chi connectivity index (χ1n) is 7.01. The molecule has 0 aromatic rings. The number of likely N-dealkylation sites (N-methyl/N-ethyl adjacent to an activating group) is 1. The average molecular weight is 271 g/mol. The summed E-state index contributed by atoms with van der Waals surface area (Å²) < 4.78 is 4.81. The van der Waals surface area contributed by atoms with Crippen LogP contribution in [-0.4, -0.2) is 97.9 Å². The van der Waals surface area contributed by atoms with Crippen LogP contribution in [0.5, 0.6) is 0 Å². The van der Waals surface area contributed by atoms with E-state index in [1.807, 2.05) is 0 Å². The predicted octanol–water partition coefficient (Wildman–Crippen LogP) is -1.16. The molecule has 110 valence electrons. The van der Waals surface area contributed by atoms with Crippen LogP contribution in [0.15, 0.2) is 0 Å². The Morgan fingerprint density at radius 1 is 1.26 bits per heavy atom. The fourth-order valence-electron chi connectivity index (χ4n) is 2.85. The van der Waals surface area contributed by atoms with Crippen molar-refractivity contribution in [1.29, 1.82) is 0 Å². The average Bonchev–Trinajstić information content (AvgIpc) is 2.78. The first-order chi connectivity index (χ1) is 9.10. The summed E-state index contributed by atoms with van der Waals surface area (Å²) in [5, 5.41) is 9.72. The van der Waals surface area contributed by atoms with E-state index in [1.165, 1.54) is 7.11 Å². The maximum absolute atomic E-state index is 11.7. The van der Waals surface area contributed by atoms with Crippen LogP contribution in [0.3, 0.4) is 0 Å². The predicted molar refractivity (Wildman–Crippen MR) is 71.9 cm³/mol. The second kappa shape index (κ2) is 6.65. The molecule has 2 aliphatic heterocycles. The van der Waals surface area contributed by atoms with E-state index in [0.717, 1.165) is 39.3 Å². The smallest absolute Gasteiger partial charge is 0.323 e. The van der Waals surface area contributed by atoms with Crippen molar-refractivity contribution >= 4 is 5.97 Å². The molecule has 6 heteroatoms. The second-order valence-electron chi connectivity index (χ2n) is 5.57. The number of esters is 1. The summed E-state index contributed by atoms with van der Waals surface area (Å²) in [4.78, 5) is 18.5. The molecule has 2 fully saturated rings. The Balaban J connectivity index is 1.79. The van der Waals surface area contributed by atoms with Gasteiger partial charge in [-0.25, -0.2) is 0 Å². The van der Waals surface area contributed by atoms with Gasteiger partial charge in [0.05, 0.1) is 13.2 Å². The van der Waals surface area contributed by atoms with Crippen molar-refractivity contribution in [2.24, 2.45) is 0 Å². The van der Waals surface area contributed by atoms with Gasteiger partial charge in [0, 0.05) is 52.2 Å². The van der Waals surface area contributed by atoms with E-state index >= 15 is 0 Å². The third-order valence-corrected chi connectivity index (χ3v) is 4.15. The Morgan fingerprint density at radius 2 is 1.95 bits per heavy atom. The summed E-state index contributed by atoms with van der Waals surface area (Å²) in [6, 6.07) is -0.271. The molecule has 0 aromatic carbocycles. The van der Waals surface area contributed by atoms with E-state index in [9.17, 15) is 9.90 Å². The lowest BCUT2D eigenvalue weighted by molar-refractivity contribution is -0.146. The first-order valence-corrected chi connectivity index (χ1v) is 7.01. The second-order valence-corrected chi connectivity index (χ2v) is 5.57. The summed E-state index contributed by atoms with van der Waals surface area (Å²) in [5.74, 6) is -0.227. The molecule has 0 bridgehead atoms. The Kier molecular flexibility index (Phi) is 5.15. The number of β-amino-alcohol motifs (C(OH)–C–C–N with tert-alkyl or cyclic N) is 1. The van der Waals surface area contributed by atoms with E-state index in [1.54, 1.807) is 0 Å². The zero-order valence-electron chi connectivity index (χ0n) is 11.9. The SMILES string of the molecule is COC(=O)C1CC(O)CN1CCN1CCN(C)CC1. The van der Waals surface area contributed by atoms with E-state index in [2.05, 4.69) is 21.7 Å². The maximum atomic E-state index is 11.7. The molecule has 2 heterocycles. The van der Waals surface area contributed by atoms with Crippen molar-refractivity contribution < 1.29 is 14.6 Å². The van der Waals surface area contributed by atoms with Crippen LogP contribution in [-0.2, 0) is 9.53 Å². The highest BCUT2D eigenvalue weighted by Crippen LogP contribution is 2.18. The van der Waals surface area contributed by atoms with Crippen LogP contribution in [0.2, 0.25) is 0 Å². The quantitative estimate of drug-likeness (QED) is 0.651. The molecule has 0 saturated carbocycles. The van der Waals surface area contributed by atoms with Gasteiger partial charge in [0.15, 0.2) is 0 Å². The zero-order chi connectivity index (χ0) is 13.8. The van der Waals surface area contributed by atoms with Crippen LogP contribution < -0.4 is 0 Å². The van der Waals surface area contributed by atoms with Gasteiger partial charge < -0.3 is 14.7 Å². The first kappa shape index (κ1) is 14.7. The number of carbonyl (C=O) groups is 1. The number of hydrogen-bond acceptors (Lipinski definition) is 6. The highest BCUT2D eigenvalue weighted by molar-refractivity contribution is 5.76.